The predicted octanol–water partition coefficient (Wildman–Crippen LogP) is 2.74. The van der Waals surface area contributed by atoms with Crippen molar-refractivity contribution in [1.29, 1.82) is 0 Å². The maximum atomic E-state index is 4.37. The van der Waals surface area contributed by atoms with Crippen molar-refractivity contribution in [3.05, 3.63) is 47.8 Å². The molecular weight excluding hydrogens is 172 g/mol. The van der Waals surface area contributed by atoms with E-state index in [0.717, 1.165) is 17.8 Å². The Hall–Kier alpha value is -1.57. The van der Waals surface area contributed by atoms with Gasteiger partial charge in [-0.3, -0.25) is 0 Å². The highest BCUT2D eigenvalue weighted by atomic mass is 15.3. The third-order valence-corrected chi connectivity index (χ3v) is 2.31. The molecule has 14 heavy (non-hydrogen) atoms. The van der Waals surface area contributed by atoms with Crippen molar-refractivity contribution in [3.8, 4) is 5.69 Å². The van der Waals surface area contributed by atoms with Gasteiger partial charge in [-0.05, 0) is 37.1 Å². The second-order valence-electron chi connectivity index (χ2n) is 3.43. The average Bonchev–Trinajstić information content (AvgIpc) is 2.65. The Bertz CT molecular complexity index is 429. The molecule has 0 aliphatic heterocycles. The average molecular weight is 186 g/mol. The van der Waals surface area contributed by atoms with Gasteiger partial charge < -0.3 is 0 Å². The molecule has 0 spiro atoms. The topological polar surface area (TPSA) is 17.8 Å². The summed E-state index contributed by atoms with van der Waals surface area (Å²) in [6.45, 7) is 4.16. The van der Waals surface area contributed by atoms with Crippen molar-refractivity contribution in [2.24, 2.45) is 0 Å². The predicted molar refractivity (Wildman–Crippen MR) is 57.7 cm³/mol. The molecule has 2 aromatic rings. The fourth-order valence-electron chi connectivity index (χ4n) is 1.48. The first-order chi connectivity index (χ1) is 6.79. The Morgan fingerprint density at radius 3 is 2.79 bits per heavy atom. The van der Waals surface area contributed by atoms with Crippen molar-refractivity contribution in [2.45, 2.75) is 20.3 Å². The maximum absolute atomic E-state index is 4.37. The summed E-state index contributed by atoms with van der Waals surface area (Å²) in [7, 11) is 0. The third-order valence-electron chi connectivity index (χ3n) is 2.31. The maximum Gasteiger partial charge on any atom is 0.0648 e. The fourth-order valence-corrected chi connectivity index (χ4v) is 1.48. The summed E-state index contributed by atoms with van der Waals surface area (Å²) in [4.78, 5) is 0. The first kappa shape index (κ1) is 9.00. The monoisotopic (exact) mass is 186 g/mol. The van der Waals surface area contributed by atoms with Gasteiger partial charge in [0.05, 0.1) is 11.4 Å². The van der Waals surface area contributed by atoms with E-state index in [1.807, 2.05) is 23.9 Å². The van der Waals surface area contributed by atoms with Crippen LogP contribution in [0.15, 0.2) is 36.5 Å². The Labute approximate surface area is 84.2 Å². The van der Waals surface area contributed by atoms with Gasteiger partial charge in [0.15, 0.2) is 0 Å². The van der Waals surface area contributed by atoms with Crippen molar-refractivity contribution in [3.63, 3.8) is 0 Å². The highest BCUT2D eigenvalue weighted by Crippen LogP contribution is 2.10. The van der Waals surface area contributed by atoms with E-state index in [9.17, 15) is 0 Å². The molecule has 0 saturated heterocycles. The minimum atomic E-state index is 1.05. The summed E-state index contributed by atoms with van der Waals surface area (Å²) in [5, 5.41) is 4.37. The molecule has 2 nitrogen and oxygen atoms in total. The van der Waals surface area contributed by atoms with Gasteiger partial charge in [-0.25, -0.2) is 4.68 Å². The Balaban J connectivity index is 2.41. The van der Waals surface area contributed by atoms with Crippen LogP contribution >= 0.6 is 0 Å². The fraction of sp³-hybridized carbons (Fsp3) is 0.250. The molecule has 0 atom stereocenters. The van der Waals surface area contributed by atoms with Gasteiger partial charge in [0, 0.05) is 6.20 Å². The molecule has 0 saturated carbocycles. The normalized spacial score (nSPS) is 10.4. The van der Waals surface area contributed by atoms with E-state index in [2.05, 4.69) is 36.3 Å². The molecule has 1 heterocycles. The van der Waals surface area contributed by atoms with Crippen LogP contribution < -0.4 is 0 Å². The van der Waals surface area contributed by atoms with Gasteiger partial charge in [0.1, 0.15) is 0 Å². The number of rotatable bonds is 2. The SMILES string of the molecule is CCc1cccc(-n2ccc(C)n2)c1. The molecule has 1 aromatic heterocycles. The zero-order chi connectivity index (χ0) is 9.97. The second kappa shape index (κ2) is 3.66. The van der Waals surface area contributed by atoms with Gasteiger partial charge >= 0.3 is 0 Å². The molecule has 2 heteroatoms. The third kappa shape index (κ3) is 1.69. The zero-order valence-electron chi connectivity index (χ0n) is 8.57. The van der Waals surface area contributed by atoms with Crippen LogP contribution in [0.4, 0.5) is 0 Å². The lowest BCUT2D eigenvalue weighted by Crippen LogP contribution is -1.95. The lowest BCUT2D eigenvalue weighted by Gasteiger charge is -2.03. The van der Waals surface area contributed by atoms with E-state index in [-0.39, 0.29) is 0 Å². The van der Waals surface area contributed by atoms with Crippen LogP contribution in [-0.4, -0.2) is 9.78 Å². The minimum Gasteiger partial charge on any atom is -0.241 e. The molecule has 0 radical (unpaired) electrons. The molecular formula is C12H14N2. The summed E-state index contributed by atoms with van der Waals surface area (Å²) in [5.41, 5.74) is 3.53. The van der Waals surface area contributed by atoms with Gasteiger partial charge in [-0.15, -0.1) is 0 Å². The van der Waals surface area contributed by atoms with Crippen LogP contribution in [0, 0.1) is 6.92 Å². The lowest BCUT2D eigenvalue weighted by atomic mass is 10.1. The molecule has 1 aromatic carbocycles. The smallest absolute Gasteiger partial charge is 0.0648 e. The van der Waals surface area contributed by atoms with Crippen LogP contribution in [0.1, 0.15) is 18.2 Å². The molecule has 0 amide bonds. The standard InChI is InChI=1S/C12H14N2/c1-3-11-5-4-6-12(9-11)14-8-7-10(2)13-14/h4-9H,3H2,1-2H3. The molecule has 2 rings (SSSR count). The number of benzene rings is 1. The van der Waals surface area contributed by atoms with Gasteiger partial charge in [-0.2, -0.15) is 5.10 Å². The van der Waals surface area contributed by atoms with Gasteiger partial charge in [0.2, 0.25) is 0 Å². The van der Waals surface area contributed by atoms with Crippen molar-refractivity contribution in [1.82, 2.24) is 9.78 Å². The van der Waals surface area contributed by atoms with Gasteiger partial charge in [0.25, 0.3) is 0 Å². The molecule has 72 valence electrons. The highest BCUT2D eigenvalue weighted by Gasteiger charge is 1.98. The van der Waals surface area contributed by atoms with E-state index in [4.69, 9.17) is 0 Å². The summed E-state index contributed by atoms with van der Waals surface area (Å²) < 4.78 is 1.91. The molecule has 0 unspecified atom stereocenters. The van der Waals surface area contributed by atoms with Crippen molar-refractivity contribution < 1.29 is 0 Å². The number of nitrogens with zero attached hydrogens (tertiary/aromatic N) is 2. The van der Waals surface area contributed by atoms with E-state index in [0.29, 0.717) is 0 Å². The van der Waals surface area contributed by atoms with E-state index in [1.54, 1.807) is 0 Å². The van der Waals surface area contributed by atoms with Crippen molar-refractivity contribution in [2.75, 3.05) is 0 Å². The number of hydrogen-bond donors (Lipinski definition) is 0. The van der Waals surface area contributed by atoms with Crippen LogP contribution in [-0.2, 0) is 6.42 Å². The highest BCUT2D eigenvalue weighted by molar-refractivity contribution is 5.35. The number of aryl methyl sites for hydroxylation is 2. The number of hydrogen-bond acceptors (Lipinski definition) is 1. The largest absolute Gasteiger partial charge is 0.241 e. The summed E-state index contributed by atoms with van der Waals surface area (Å²) in [6, 6.07) is 10.5. The minimum absolute atomic E-state index is 1.05. The Morgan fingerprint density at radius 2 is 2.14 bits per heavy atom. The lowest BCUT2D eigenvalue weighted by molar-refractivity contribution is 0.860. The van der Waals surface area contributed by atoms with E-state index < -0.39 is 0 Å². The molecule has 0 fully saturated rings. The number of aromatic nitrogens is 2. The molecule has 0 aliphatic rings. The molecule has 0 bridgehead atoms. The van der Waals surface area contributed by atoms with Gasteiger partial charge in [-0.1, -0.05) is 19.1 Å². The summed E-state index contributed by atoms with van der Waals surface area (Å²) >= 11 is 0. The first-order valence-electron chi connectivity index (χ1n) is 4.91. The van der Waals surface area contributed by atoms with Crippen LogP contribution in [0.25, 0.3) is 5.69 Å². The van der Waals surface area contributed by atoms with Crippen LogP contribution in [0.5, 0.6) is 0 Å². The van der Waals surface area contributed by atoms with Crippen molar-refractivity contribution >= 4 is 0 Å². The molecule has 0 aliphatic carbocycles. The van der Waals surface area contributed by atoms with Crippen LogP contribution in [0.2, 0.25) is 0 Å². The second-order valence-corrected chi connectivity index (χ2v) is 3.43. The molecule has 0 N–H and O–H groups in total. The summed E-state index contributed by atoms with van der Waals surface area (Å²) in [5.74, 6) is 0. The first-order valence-corrected chi connectivity index (χ1v) is 4.91. The zero-order valence-corrected chi connectivity index (χ0v) is 8.57. The Morgan fingerprint density at radius 1 is 1.29 bits per heavy atom. The van der Waals surface area contributed by atoms with E-state index in [1.165, 1.54) is 5.56 Å². The summed E-state index contributed by atoms with van der Waals surface area (Å²) in [6.07, 6.45) is 3.05. The van der Waals surface area contributed by atoms with E-state index >= 15 is 0 Å². The Kier molecular flexibility index (Phi) is 2.35. The van der Waals surface area contributed by atoms with Crippen LogP contribution in [0.3, 0.4) is 0 Å². The quantitative estimate of drug-likeness (QED) is 0.705.